The lowest BCUT2D eigenvalue weighted by molar-refractivity contribution is 0.399. The van der Waals surface area contributed by atoms with E-state index in [1.807, 2.05) is 29.2 Å². The maximum atomic E-state index is 5.19. The average molecular weight is 336 g/mol. The van der Waals surface area contributed by atoms with Gasteiger partial charge in [0.1, 0.15) is 0 Å². The molecule has 0 saturated carbocycles. The molecule has 0 bridgehead atoms. The van der Waals surface area contributed by atoms with E-state index in [1.54, 1.807) is 18.9 Å². The predicted molar refractivity (Wildman–Crippen MR) is 96.7 cm³/mol. The fourth-order valence-corrected chi connectivity index (χ4v) is 3.18. The molecule has 0 aliphatic rings. The Morgan fingerprint density at radius 1 is 1.08 bits per heavy atom. The molecule has 0 aliphatic heterocycles. The third kappa shape index (κ3) is 2.59. The van der Waals surface area contributed by atoms with Gasteiger partial charge >= 0.3 is 0 Å². The zero-order valence-electron chi connectivity index (χ0n) is 13.4. The van der Waals surface area contributed by atoms with Gasteiger partial charge in [-0.2, -0.15) is 10.1 Å². The second kappa shape index (κ2) is 6.13. The maximum absolute atomic E-state index is 5.19. The van der Waals surface area contributed by atoms with Gasteiger partial charge in [0.05, 0.1) is 25.4 Å². The first-order chi connectivity index (χ1) is 11.8. The fourth-order valence-electron chi connectivity index (χ4n) is 2.77. The van der Waals surface area contributed by atoms with E-state index in [4.69, 9.17) is 4.74 Å². The molecular weight excluding hydrogens is 320 g/mol. The zero-order chi connectivity index (χ0) is 16.5. The molecule has 1 aromatic carbocycles. The van der Waals surface area contributed by atoms with E-state index in [2.05, 4.69) is 45.6 Å². The van der Waals surface area contributed by atoms with Crippen LogP contribution in [0.1, 0.15) is 5.56 Å². The lowest BCUT2D eigenvalue weighted by Crippen LogP contribution is -2.02. The predicted octanol–water partition coefficient (Wildman–Crippen LogP) is 3.76. The van der Waals surface area contributed by atoms with Crippen LogP contribution in [-0.2, 0) is 6.54 Å². The number of fused-ring (bicyclic) bond motifs is 3. The van der Waals surface area contributed by atoms with Crippen molar-refractivity contribution in [3.8, 4) is 5.88 Å². The summed E-state index contributed by atoms with van der Waals surface area (Å²) in [6, 6.07) is 12.4. The summed E-state index contributed by atoms with van der Waals surface area (Å²) in [5.74, 6) is 0.563. The molecule has 4 aromatic rings. The molecule has 0 fully saturated rings. The number of hydrogen-bond donors (Lipinski definition) is 0. The van der Waals surface area contributed by atoms with Crippen LogP contribution in [0.25, 0.3) is 21.9 Å². The Bertz CT molecular complexity index is 1010. The normalized spacial score (nSPS) is 11.2. The summed E-state index contributed by atoms with van der Waals surface area (Å²) in [7, 11) is 1.61. The van der Waals surface area contributed by atoms with Gasteiger partial charge < -0.3 is 4.74 Å². The van der Waals surface area contributed by atoms with E-state index < -0.39 is 0 Å². The minimum absolute atomic E-state index is 0.563. The number of methoxy groups -OCH3 is 1. The summed E-state index contributed by atoms with van der Waals surface area (Å²) < 4.78 is 7.19. The summed E-state index contributed by atoms with van der Waals surface area (Å²) in [6.45, 7) is 0.712. The van der Waals surface area contributed by atoms with Gasteiger partial charge in [-0.25, -0.2) is 4.98 Å². The van der Waals surface area contributed by atoms with Crippen LogP contribution in [0, 0.1) is 0 Å². The van der Waals surface area contributed by atoms with Crippen molar-refractivity contribution >= 4 is 33.7 Å². The molecule has 0 atom stereocenters. The van der Waals surface area contributed by atoms with Crippen LogP contribution in [0.5, 0.6) is 5.88 Å². The monoisotopic (exact) mass is 336 g/mol. The Morgan fingerprint density at radius 3 is 2.67 bits per heavy atom. The number of hydrogen-bond acceptors (Lipinski definition) is 5. The number of pyridine rings is 2. The molecule has 5 nitrogen and oxygen atoms in total. The molecule has 0 spiro atoms. The molecule has 0 unspecified atom stereocenters. The highest BCUT2D eigenvalue weighted by Crippen LogP contribution is 2.25. The minimum Gasteiger partial charge on any atom is -0.481 e. The molecule has 3 heterocycles. The number of ether oxygens (including phenoxy) is 1. The van der Waals surface area contributed by atoms with Crippen molar-refractivity contribution in [2.75, 3.05) is 13.4 Å². The van der Waals surface area contributed by atoms with Crippen LogP contribution in [0.4, 0.5) is 0 Å². The molecule has 0 amide bonds. The van der Waals surface area contributed by atoms with Crippen molar-refractivity contribution in [2.45, 2.75) is 11.4 Å². The van der Waals surface area contributed by atoms with E-state index in [-0.39, 0.29) is 0 Å². The van der Waals surface area contributed by atoms with Crippen LogP contribution in [0.3, 0.4) is 0 Å². The maximum Gasteiger partial charge on any atom is 0.215 e. The van der Waals surface area contributed by atoms with Crippen molar-refractivity contribution in [2.24, 2.45) is 0 Å². The Balaban J connectivity index is 1.81. The molecule has 3 aromatic heterocycles. The molecule has 120 valence electrons. The Hall–Kier alpha value is -2.60. The van der Waals surface area contributed by atoms with Crippen molar-refractivity contribution in [1.29, 1.82) is 0 Å². The van der Waals surface area contributed by atoms with Crippen LogP contribution < -0.4 is 4.74 Å². The second-order valence-corrected chi connectivity index (χ2v) is 6.32. The van der Waals surface area contributed by atoms with Gasteiger partial charge in [0, 0.05) is 27.9 Å². The summed E-state index contributed by atoms with van der Waals surface area (Å²) in [5, 5.41) is 6.53. The van der Waals surface area contributed by atoms with Gasteiger partial charge in [0.2, 0.25) is 5.88 Å². The van der Waals surface area contributed by atoms with Gasteiger partial charge in [-0.3, -0.25) is 4.68 Å². The van der Waals surface area contributed by atoms with Crippen LogP contribution in [0.15, 0.2) is 53.7 Å². The minimum atomic E-state index is 0.563. The third-order valence-electron chi connectivity index (χ3n) is 4.00. The van der Waals surface area contributed by atoms with Gasteiger partial charge in [-0.15, -0.1) is 11.8 Å². The molecular formula is C18H16N4OS. The second-order valence-electron chi connectivity index (χ2n) is 5.44. The Kier molecular flexibility index (Phi) is 3.82. The number of aromatic nitrogens is 4. The lowest BCUT2D eigenvalue weighted by atomic mass is 10.2. The summed E-state index contributed by atoms with van der Waals surface area (Å²) >= 11 is 1.74. The first-order valence-corrected chi connectivity index (χ1v) is 8.79. The summed E-state index contributed by atoms with van der Waals surface area (Å²) in [4.78, 5) is 10.1. The van der Waals surface area contributed by atoms with Gasteiger partial charge in [-0.1, -0.05) is 12.1 Å². The Morgan fingerprint density at radius 2 is 1.92 bits per heavy atom. The molecule has 6 heteroatoms. The zero-order valence-corrected chi connectivity index (χ0v) is 14.2. The van der Waals surface area contributed by atoms with Crippen molar-refractivity contribution in [3.05, 3.63) is 54.4 Å². The van der Waals surface area contributed by atoms with E-state index in [1.165, 1.54) is 10.5 Å². The van der Waals surface area contributed by atoms with Crippen LogP contribution >= 0.6 is 11.8 Å². The molecule has 4 rings (SSSR count). The van der Waals surface area contributed by atoms with Crippen LogP contribution in [0.2, 0.25) is 0 Å². The number of rotatable bonds is 4. The van der Waals surface area contributed by atoms with Gasteiger partial charge in [0.25, 0.3) is 0 Å². The lowest BCUT2D eigenvalue weighted by Gasteiger charge is -2.07. The van der Waals surface area contributed by atoms with Gasteiger partial charge in [0.15, 0.2) is 5.65 Å². The molecule has 24 heavy (non-hydrogen) atoms. The Labute approximate surface area is 143 Å². The van der Waals surface area contributed by atoms with E-state index in [0.717, 1.165) is 16.3 Å². The fraction of sp³-hybridized carbons (Fsp3) is 0.167. The van der Waals surface area contributed by atoms with Crippen molar-refractivity contribution in [1.82, 2.24) is 19.7 Å². The molecule has 0 N–H and O–H groups in total. The topological polar surface area (TPSA) is 52.8 Å². The smallest absolute Gasteiger partial charge is 0.215 e. The summed E-state index contributed by atoms with van der Waals surface area (Å²) in [6.07, 6.45) is 5.74. The SMILES string of the molecule is COc1ccc2c(ncc3cnn(Cc4ccc(SC)cc4)c32)n1. The summed E-state index contributed by atoms with van der Waals surface area (Å²) in [5.41, 5.74) is 2.93. The molecule has 0 radical (unpaired) electrons. The van der Waals surface area contributed by atoms with Crippen molar-refractivity contribution < 1.29 is 4.74 Å². The molecule has 0 aliphatic carbocycles. The van der Waals surface area contributed by atoms with Crippen LogP contribution in [-0.4, -0.2) is 33.1 Å². The number of thioether (sulfide) groups is 1. The highest BCUT2D eigenvalue weighted by molar-refractivity contribution is 7.98. The van der Waals surface area contributed by atoms with E-state index in [9.17, 15) is 0 Å². The number of benzene rings is 1. The standard InChI is InChI=1S/C18H16N4OS/c1-23-16-8-7-15-17-13(9-19-18(15)21-16)10-20-22(17)11-12-3-5-14(24-2)6-4-12/h3-10H,11H2,1-2H3. The average Bonchev–Trinajstić information content (AvgIpc) is 3.05. The third-order valence-corrected chi connectivity index (χ3v) is 4.74. The van der Waals surface area contributed by atoms with Crippen molar-refractivity contribution in [3.63, 3.8) is 0 Å². The van der Waals surface area contributed by atoms with E-state index >= 15 is 0 Å². The first-order valence-electron chi connectivity index (χ1n) is 7.56. The first kappa shape index (κ1) is 15.0. The number of nitrogens with zero attached hydrogens (tertiary/aromatic N) is 4. The molecule has 0 saturated heterocycles. The van der Waals surface area contributed by atoms with Gasteiger partial charge in [-0.05, 0) is 30.0 Å². The van der Waals surface area contributed by atoms with E-state index in [0.29, 0.717) is 18.1 Å². The highest BCUT2D eigenvalue weighted by Gasteiger charge is 2.10. The highest BCUT2D eigenvalue weighted by atomic mass is 32.2. The largest absolute Gasteiger partial charge is 0.481 e. The quantitative estimate of drug-likeness (QED) is 0.531.